The van der Waals surface area contributed by atoms with E-state index in [4.69, 9.17) is 14.5 Å². The summed E-state index contributed by atoms with van der Waals surface area (Å²) in [5.74, 6) is -0.603. The van der Waals surface area contributed by atoms with Crippen molar-refractivity contribution in [1.82, 2.24) is 19.9 Å². The molecule has 2 aromatic carbocycles. The number of piperidine rings is 1. The van der Waals surface area contributed by atoms with Crippen LogP contribution in [0.1, 0.15) is 51.0 Å². The number of rotatable bonds is 8. The lowest BCUT2D eigenvalue weighted by Gasteiger charge is -2.46. The zero-order chi connectivity index (χ0) is 31.8. The molecule has 2 aromatic heterocycles. The summed E-state index contributed by atoms with van der Waals surface area (Å²) in [4.78, 5) is 18.5. The van der Waals surface area contributed by atoms with Crippen LogP contribution in [-0.2, 0) is 11.2 Å². The average molecular weight is 634 g/mol. The molecule has 244 valence electrons. The lowest BCUT2D eigenvalue weighted by molar-refractivity contribution is -0.00682. The van der Waals surface area contributed by atoms with Crippen molar-refractivity contribution in [3.63, 3.8) is 0 Å². The van der Waals surface area contributed by atoms with Gasteiger partial charge in [-0.05, 0) is 79.6 Å². The third-order valence-electron chi connectivity index (χ3n) is 10.2. The second-order valence-electron chi connectivity index (χ2n) is 12.9. The Morgan fingerprint density at radius 1 is 1.07 bits per heavy atom. The van der Waals surface area contributed by atoms with Gasteiger partial charge in [-0.15, -0.1) is 0 Å². The topological polar surface area (TPSA) is 104 Å². The molecule has 2 atom stereocenters. The van der Waals surface area contributed by atoms with Gasteiger partial charge in [0.2, 0.25) is 0 Å². The minimum Gasteiger partial charge on any atom is -0.508 e. The quantitative estimate of drug-likeness (QED) is 0.256. The Morgan fingerprint density at radius 2 is 1.93 bits per heavy atom. The molecule has 3 fully saturated rings. The molecule has 4 heterocycles. The normalized spacial score (nSPS) is 22.3. The molecule has 7 rings (SSSR count). The molecule has 0 amide bonds. The number of aliphatic hydroxyl groups is 1. The van der Waals surface area contributed by atoms with Gasteiger partial charge in [0.1, 0.15) is 28.6 Å². The lowest BCUT2D eigenvalue weighted by atomic mass is 9.75. The summed E-state index contributed by atoms with van der Waals surface area (Å²) in [6.07, 6.45) is 7.97. The number of β-amino-alcohol motifs (C(OH)–C–C–N with tert-alkyl or cyclic N) is 1. The summed E-state index contributed by atoms with van der Waals surface area (Å²) in [6, 6.07) is 6.35. The van der Waals surface area contributed by atoms with Gasteiger partial charge in [-0.2, -0.15) is 9.97 Å². The molecule has 2 saturated heterocycles. The highest BCUT2D eigenvalue weighted by atomic mass is 19.1. The number of anilines is 1. The maximum Gasteiger partial charge on any atom is 0.319 e. The number of aryl methyl sites for hydroxylation is 1. The molecule has 11 heteroatoms. The van der Waals surface area contributed by atoms with Gasteiger partial charge in [0.05, 0.1) is 25.2 Å². The number of fused-ring (bicyclic) bond motifs is 3. The minimum atomic E-state index is -0.682. The zero-order valence-corrected chi connectivity index (χ0v) is 26.3. The molecule has 46 heavy (non-hydrogen) atoms. The van der Waals surface area contributed by atoms with Crippen LogP contribution >= 0.6 is 0 Å². The van der Waals surface area contributed by atoms with E-state index in [-0.39, 0.29) is 35.0 Å². The van der Waals surface area contributed by atoms with Crippen molar-refractivity contribution in [2.45, 2.75) is 57.9 Å². The number of aliphatic hydroxyl groups excluding tert-OH is 1. The molecule has 2 aliphatic heterocycles. The van der Waals surface area contributed by atoms with Crippen LogP contribution in [0.25, 0.3) is 32.9 Å². The number of hydrogen-bond acceptors (Lipinski definition) is 9. The van der Waals surface area contributed by atoms with Crippen LogP contribution in [0.3, 0.4) is 0 Å². The summed E-state index contributed by atoms with van der Waals surface area (Å²) in [5.41, 5.74) is 0.692. The van der Waals surface area contributed by atoms with E-state index in [0.717, 1.165) is 45.1 Å². The van der Waals surface area contributed by atoms with E-state index < -0.39 is 11.6 Å². The van der Waals surface area contributed by atoms with Crippen LogP contribution < -0.4 is 9.64 Å². The molecule has 9 nitrogen and oxygen atoms in total. The fourth-order valence-corrected chi connectivity index (χ4v) is 8.12. The fraction of sp³-hybridized carbons (Fsp3) is 0.514. The van der Waals surface area contributed by atoms with E-state index in [0.29, 0.717) is 85.0 Å². The van der Waals surface area contributed by atoms with Gasteiger partial charge in [-0.25, -0.2) is 8.78 Å². The number of phenols is 1. The second-order valence-corrected chi connectivity index (χ2v) is 12.9. The van der Waals surface area contributed by atoms with Crippen LogP contribution in [0, 0.1) is 17.0 Å². The van der Waals surface area contributed by atoms with E-state index in [1.54, 1.807) is 18.3 Å². The Bertz CT molecular complexity index is 1750. The van der Waals surface area contributed by atoms with Crippen LogP contribution in [0.5, 0.6) is 11.8 Å². The number of aromatic nitrogens is 3. The summed E-state index contributed by atoms with van der Waals surface area (Å²) < 4.78 is 43.9. The third-order valence-corrected chi connectivity index (χ3v) is 10.2. The van der Waals surface area contributed by atoms with Gasteiger partial charge in [0.25, 0.3) is 0 Å². The fourth-order valence-electron chi connectivity index (χ4n) is 8.12. The number of ether oxygens (including phenoxy) is 2. The highest BCUT2D eigenvalue weighted by Crippen LogP contribution is 2.48. The molecular formula is C35H41F2N5O4. The van der Waals surface area contributed by atoms with E-state index in [9.17, 15) is 14.6 Å². The Balaban J connectivity index is 1.34. The van der Waals surface area contributed by atoms with Crippen LogP contribution in [0.4, 0.5) is 14.6 Å². The molecule has 2 N–H and O–H groups in total. The number of phenolic OH excluding ortho intramolecular Hbond substituents is 1. The first-order chi connectivity index (χ1) is 22.4. The first-order valence-electron chi connectivity index (χ1n) is 16.5. The smallest absolute Gasteiger partial charge is 0.319 e. The SMILES string of the molecule is CCc1c(F)ccc2cc(O)cc(-c3ncc4c(N5CCCOCC5)nc(OCC56CCCC5N(CCO)CCC6)nc4c3F)c12. The maximum atomic E-state index is 16.8. The summed E-state index contributed by atoms with van der Waals surface area (Å²) in [6.45, 7) is 6.39. The van der Waals surface area contributed by atoms with Crippen molar-refractivity contribution in [3.05, 3.63) is 47.7 Å². The highest BCUT2D eigenvalue weighted by molar-refractivity contribution is 6.01. The van der Waals surface area contributed by atoms with Gasteiger partial charge in [0, 0.05) is 49.5 Å². The predicted molar refractivity (Wildman–Crippen MR) is 172 cm³/mol. The Hall–Kier alpha value is -3.67. The van der Waals surface area contributed by atoms with E-state index >= 15 is 4.39 Å². The van der Waals surface area contributed by atoms with Gasteiger partial charge in [-0.3, -0.25) is 9.88 Å². The van der Waals surface area contributed by atoms with E-state index in [1.807, 2.05) is 6.92 Å². The minimum absolute atomic E-state index is 0.0233. The maximum absolute atomic E-state index is 16.8. The monoisotopic (exact) mass is 633 g/mol. The number of hydrogen-bond donors (Lipinski definition) is 2. The molecule has 4 aromatic rings. The van der Waals surface area contributed by atoms with Gasteiger partial charge >= 0.3 is 6.01 Å². The van der Waals surface area contributed by atoms with Crippen LogP contribution in [0.15, 0.2) is 30.5 Å². The zero-order valence-electron chi connectivity index (χ0n) is 26.3. The standard InChI is InChI=1S/C35H41F2N5O4/c1-2-24-27(36)8-7-22-18-23(44)19-25(29(22)24)31-30(37)32-26(20-38-31)33(42-12-5-16-45-17-14-42)40-34(39-32)46-21-35-9-3-6-28(35)41(13-15-43)11-4-10-35/h7-8,18-20,28,43-44H,2-6,9-17,21H2,1H3. The van der Waals surface area contributed by atoms with Gasteiger partial charge in [-0.1, -0.05) is 19.4 Å². The summed E-state index contributed by atoms with van der Waals surface area (Å²) in [7, 11) is 0. The van der Waals surface area contributed by atoms with Crippen LogP contribution in [0.2, 0.25) is 0 Å². The van der Waals surface area contributed by atoms with Crippen molar-refractivity contribution in [2.24, 2.45) is 5.41 Å². The molecule has 1 saturated carbocycles. The molecule has 0 radical (unpaired) electrons. The number of likely N-dealkylation sites (tertiary alicyclic amines) is 1. The van der Waals surface area contributed by atoms with E-state index in [1.165, 1.54) is 12.1 Å². The number of halogens is 2. The van der Waals surface area contributed by atoms with Crippen LogP contribution in [-0.4, -0.2) is 88.7 Å². The Kier molecular flexibility index (Phi) is 8.65. The molecule has 0 bridgehead atoms. The van der Waals surface area contributed by atoms with Crippen molar-refractivity contribution < 1.29 is 28.5 Å². The first-order valence-corrected chi connectivity index (χ1v) is 16.5. The lowest BCUT2D eigenvalue weighted by Crippen LogP contribution is -2.52. The van der Waals surface area contributed by atoms with E-state index in [2.05, 4.69) is 19.8 Å². The largest absolute Gasteiger partial charge is 0.508 e. The third kappa shape index (κ3) is 5.52. The predicted octanol–water partition coefficient (Wildman–Crippen LogP) is 5.62. The number of benzene rings is 2. The Labute approximate surface area is 267 Å². The second kappa shape index (κ2) is 12.8. The molecule has 1 aliphatic carbocycles. The number of aromatic hydroxyl groups is 1. The van der Waals surface area contributed by atoms with Crippen molar-refractivity contribution in [2.75, 3.05) is 57.5 Å². The van der Waals surface area contributed by atoms with Crippen molar-refractivity contribution in [3.8, 4) is 23.0 Å². The average Bonchev–Trinajstić information content (AvgIpc) is 3.31. The molecule has 0 spiro atoms. The number of nitrogens with zero attached hydrogens (tertiary/aromatic N) is 5. The molecule has 2 unspecified atom stereocenters. The Morgan fingerprint density at radius 3 is 2.78 bits per heavy atom. The summed E-state index contributed by atoms with van der Waals surface area (Å²) in [5, 5.41) is 21.8. The van der Waals surface area contributed by atoms with Gasteiger partial charge in [0.15, 0.2) is 5.82 Å². The van der Waals surface area contributed by atoms with Gasteiger partial charge < -0.3 is 24.6 Å². The highest BCUT2D eigenvalue weighted by Gasteiger charge is 2.48. The first kappa shape index (κ1) is 31.0. The molecular weight excluding hydrogens is 592 g/mol. The molecule has 3 aliphatic rings. The number of pyridine rings is 1. The van der Waals surface area contributed by atoms with Crippen molar-refractivity contribution >= 4 is 27.5 Å². The summed E-state index contributed by atoms with van der Waals surface area (Å²) >= 11 is 0. The van der Waals surface area contributed by atoms with Crippen molar-refractivity contribution in [1.29, 1.82) is 0 Å².